The molecule has 9 nitrogen and oxygen atoms in total. The Bertz CT molecular complexity index is 1500. The van der Waals surface area contributed by atoms with Crippen molar-refractivity contribution in [1.82, 2.24) is 30.1 Å². The number of pyridine rings is 1. The van der Waals surface area contributed by atoms with Crippen LogP contribution in [0.4, 0.5) is 5.69 Å². The molecule has 1 N–H and O–H groups in total. The molecule has 198 valence electrons. The van der Waals surface area contributed by atoms with E-state index in [1.165, 1.54) is 5.56 Å². The Morgan fingerprint density at radius 2 is 1.95 bits per heavy atom. The molecule has 0 aliphatic carbocycles. The summed E-state index contributed by atoms with van der Waals surface area (Å²) in [6, 6.07) is 13.7. The van der Waals surface area contributed by atoms with Gasteiger partial charge >= 0.3 is 0 Å². The fourth-order valence-corrected chi connectivity index (χ4v) is 5.93. The topological polar surface area (TPSA) is 92.2 Å². The van der Waals surface area contributed by atoms with Crippen molar-refractivity contribution in [3.8, 4) is 0 Å². The average Bonchev–Trinajstić information content (AvgIpc) is 3.60. The number of anilines is 1. The SMILES string of the molecule is Cc1ccc(Cl)cc1N1CCN([C@@H](c2cc3cccc(C)c3[nH]c2=O)c2nnnn2C[C@@H]2CCCO2)CC1. The zero-order valence-electron chi connectivity index (χ0n) is 21.7. The second kappa shape index (κ2) is 10.5. The minimum absolute atomic E-state index is 0.0816. The Balaban J connectivity index is 1.37. The summed E-state index contributed by atoms with van der Waals surface area (Å²) in [5, 5.41) is 14.6. The lowest BCUT2D eigenvalue weighted by atomic mass is 10.0. The molecule has 0 amide bonds. The Hall–Kier alpha value is -3.27. The van der Waals surface area contributed by atoms with Crippen LogP contribution in [0.15, 0.2) is 47.3 Å². The van der Waals surface area contributed by atoms with Gasteiger partial charge in [0.05, 0.1) is 18.2 Å². The van der Waals surface area contributed by atoms with E-state index in [1.807, 2.05) is 48.0 Å². The number of tetrazole rings is 1. The third kappa shape index (κ3) is 4.81. The predicted molar refractivity (Wildman–Crippen MR) is 148 cm³/mol. The molecule has 2 aliphatic rings. The number of benzene rings is 2. The van der Waals surface area contributed by atoms with E-state index in [0.29, 0.717) is 17.9 Å². The molecule has 2 aromatic carbocycles. The molecule has 2 aliphatic heterocycles. The van der Waals surface area contributed by atoms with E-state index >= 15 is 0 Å². The molecule has 2 atom stereocenters. The first-order chi connectivity index (χ1) is 18.5. The number of hydrogen-bond donors (Lipinski definition) is 1. The lowest BCUT2D eigenvalue weighted by Gasteiger charge is -2.40. The Kier molecular flexibility index (Phi) is 6.90. The van der Waals surface area contributed by atoms with E-state index in [2.05, 4.69) is 43.3 Å². The fraction of sp³-hybridized carbons (Fsp3) is 0.429. The number of rotatable bonds is 6. The van der Waals surface area contributed by atoms with Crippen LogP contribution in [0.5, 0.6) is 0 Å². The van der Waals surface area contributed by atoms with E-state index in [4.69, 9.17) is 16.3 Å². The molecule has 4 aromatic rings. The number of aromatic amines is 1. The normalized spacial score (nSPS) is 19.3. The number of nitrogens with zero attached hydrogens (tertiary/aromatic N) is 6. The summed E-state index contributed by atoms with van der Waals surface area (Å²) in [6.45, 7) is 8.55. The summed E-state index contributed by atoms with van der Waals surface area (Å²) < 4.78 is 7.70. The second-order valence-electron chi connectivity index (χ2n) is 10.3. The van der Waals surface area contributed by atoms with Gasteiger partial charge in [-0.2, -0.15) is 0 Å². The van der Waals surface area contributed by atoms with Gasteiger partial charge in [0.25, 0.3) is 5.56 Å². The van der Waals surface area contributed by atoms with Crippen molar-refractivity contribution in [1.29, 1.82) is 0 Å². The third-order valence-corrected chi connectivity index (χ3v) is 8.04. The van der Waals surface area contributed by atoms with Crippen LogP contribution in [-0.4, -0.2) is 69.0 Å². The standard InChI is InChI=1S/C28H32ClN7O2/c1-18-8-9-21(29)16-24(18)34-10-12-35(13-11-34)26(27-31-32-33-36(27)17-22-7-4-14-38-22)23-15-20-6-3-5-19(2)25(20)30-28(23)37/h3,5-6,8-9,15-16,22,26H,4,7,10-14,17H2,1-2H3,(H,30,37)/t22-,26-/m0/s1. The van der Waals surface area contributed by atoms with Crippen LogP contribution < -0.4 is 10.5 Å². The van der Waals surface area contributed by atoms with Gasteiger partial charge in [-0.15, -0.1) is 5.10 Å². The zero-order chi connectivity index (χ0) is 26.2. The van der Waals surface area contributed by atoms with Crippen LogP contribution in [0.1, 0.15) is 41.4 Å². The highest BCUT2D eigenvalue weighted by molar-refractivity contribution is 6.30. The number of hydrogen-bond acceptors (Lipinski definition) is 7. The number of piperazine rings is 1. The van der Waals surface area contributed by atoms with Crippen molar-refractivity contribution in [2.45, 2.75) is 45.4 Å². The monoisotopic (exact) mass is 533 g/mol. The van der Waals surface area contributed by atoms with Crippen LogP contribution in [0.25, 0.3) is 10.9 Å². The molecule has 6 rings (SSSR count). The van der Waals surface area contributed by atoms with Crippen molar-refractivity contribution < 1.29 is 4.74 Å². The van der Waals surface area contributed by atoms with E-state index < -0.39 is 0 Å². The highest BCUT2D eigenvalue weighted by Crippen LogP contribution is 2.31. The number of H-pyrrole nitrogens is 1. The first-order valence-electron chi connectivity index (χ1n) is 13.2. The number of aromatic nitrogens is 5. The van der Waals surface area contributed by atoms with E-state index in [-0.39, 0.29) is 17.7 Å². The predicted octanol–water partition coefficient (Wildman–Crippen LogP) is 3.88. The van der Waals surface area contributed by atoms with Crippen LogP contribution in [0, 0.1) is 13.8 Å². The number of halogens is 1. The maximum absolute atomic E-state index is 13.6. The number of para-hydroxylation sites is 1. The Morgan fingerprint density at radius 3 is 2.74 bits per heavy atom. The van der Waals surface area contributed by atoms with Crippen molar-refractivity contribution in [3.63, 3.8) is 0 Å². The molecule has 0 saturated carbocycles. The molecule has 0 unspecified atom stereocenters. The highest BCUT2D eigenvalue weighted by atomic mass is 35.5. The highest BCUT2D eigenvalue weighted by Gasteiger charge is 2.34. The molecule has 2 fully saturated rings. The molecule has 2 aromatic heterocycles. The van der Waals surface area contributed by atoms with Gasteiger partial charge in [-0.25, -0.2) is 4.68 Å². The van der Waals surface area contributed by atoms with Crippen LogP contribution in [-0.2, 0) is 11.3 Å². The summed E-state index contributed by atoms with van der Waals surface area (Å²) in [4.78, 5) is 21.4. The minimum atomic E-state index is -0.386. The van der Waals surface area contributed by atoms with Crippen LogP contribution in [0.2, 0.25) is 5.02 Å². The third-order valence-electron chi connectivity index (χ3n) is 7.81. The van der Waals surface area contributed by atoms with Crippen molar-refractivity contribution >= 4 is 28.2 Å². The number of aryl methyl sites for hydroxylation is 2. The Labute approximate surface area is 226 Å². The van der Waals surface area contributed by atoms with Gasteiger partial charge in [0.15, 0.2) is 5.82 Å². The van der Waals surface area contributed by atoms with Gasteiger partial charge in [0.2, 0.25) is 0 Å². The van der Waals surface area contributed by atoms with Gasteiger partial charge < -0.3 is 14.6 Å². The molecule has 10 heteroatoms. The van der Waals surface area contributed by atoms with E-state index in [0.717, 1.165) is 72.8 Å². The molecular formula is C28H32ClN7O2. The first-order valence-corrected chi connectivity index (χ1v) is 13.6. The van der Waals surface area contributed by atoms with E-state index in [1.54, 1.807) is 0 Å². The summed E-state index contributed by atoms with van der Waals surface area (Å²) in [7, 11) is 0. The summed E-state index contributed by atoms with van der Waals surface area (Å²) in [5.41, 5.74) is 4.78. The van der Waals surface area contributed by atoms with Crippen molar-refractivity contribution in [2.75, 3.05) is 37.7 Å². The first kappa shape index (κ1) is 25.0. The van der Waals surface area contributed by atoms with Gasteiger partial charge in [-0.1, -0.05) is 35.9 Å². The van der Waals surface area contributed by atoms with Gasteiger partial charge in [-0.3, -0.25) is 9.69 Å². The second-order valence-corrected chi connectivity index (χ2v) is 10.7. The quantitative estimate of drug-likeness (QED) is 0.402. The average molecular weight is 534 g/mol. The molecule has 4 heterocycles. The molecule has 0 bridgehead atoms. The van der Waals surface area contributed by atoms with Gasteiger partial charge in [0, 0.05) is 49.1 Å². The van der Waals surface area contributed by atoms with Crippen LogP contribution in [0.3, 0.4) is 0 Å². The molecule has 38 heavy (non-hydrogen) atoms. The number of fused-ring (bicyclic) bond motifs is 1. The largest absolute Gasteiger partial charge is 0.376 e. The maximum atomic E-state index is 13.6. The van der Waals surface area contributed by atoms with Crippen molar-refractivity contribution in [2.24, 2.45) is 0 Å². The summed E-state index contributed by atoms with van der Waals surface area (Å²) >= 11 is 6.32. The summed E-state index contributed by atoms with van der Waals surface area (Å²) in [6.07, 6.45) is 2.11. The zero-order valence-corrected chi connectivity index (χ0v) is 22.5. The smallest absolute Gasteiger partial charge is 0.253 e. The molecule has 0 spiro atoms. The van der Waals surface area contributed by atoms with E-state index in [9.17, 15) is 4.79 Å². The van der Waals surface area contributed by atoms with Crippen LogP contribution >= 0.6 is 11.6 Å². The van der Waals surface area contributed by atoms with Gasteiger partial charge in [0.1, 0.15) is 6.04 Å². The maximum Gasteiger partial charge on any atom is 0.253 e. The molecule has 0 radical (unpaired) electrons. The molecular weight excluding hydrogens is 502 g/mol. The minimum Gasteiger partial charge on any atom is -0.376 e. The lowest BCUT2D eigenvalue weighted by molar-refractivity contribution is 0.0906. The Morgan fingerprint density at radius 1 is 1.11 bits per heavy atom. The van der Waals surface area contributed by atoms with Gasteiger partial charge in [-0.05, 0) is 71.8 Å². The number of ether oxygens (including phenoxy) is 1. The summed E-state index contributed by atoms with van der Waals surface area (Å²) in [5.74, 6) is 0.672. The lowest BCUT2D eigenvalue weighted by Crippen LogP contribution is -2.49. The van der Waals surface area contributed by atoms with Crippen molar-refractivity contribution in [3.05, 3.63) is 80.4 Å². The number of nitrogens with one attached hydrogen (secondary N) is 1. The fourth-order valence-electron chi connectivity index (χ4n) is 5.77. The molecule has 2 saturated heterocycles.